The Hall–Kier alpha value is -3.44. The highest BCUT2D eigenvalue weighted by atomic mass is 32.2. The highest BCUT2D eigenvalue weighted by Crippen LogP contribution is 2.30. The molecule has 0 aromatic heterocycles. The van der Waals surface area contributed by atoms with Gasteiger partial charge in [-0.3, -0.25) is 4.79 Å². The van der Waals surface area contributed by atoms with Crippen molar-refractivity contribution in [2.75, 3.05) is 34.9 Å². The van der Waals surface area contributed by atoms with Crippen LogP contribution in [0, 0.1) is 0 Å². The summed E-state index contributed by atoms with van der Waals surface area (Å²) in [6.45, 7) is -0.471. The molecule has 0 aliphatic heterocycles. The van der Waals surface area contributed by atoms with Crippen molar-refractivity contribution in [2.45, 2.75) is 4.90 Å². The Morgan fingerprint density at radius 1 is 1.06 bits per heavy atom. The molecule has 2 rings (SSSR count). The number of hydrogen-bond donors (Lipinski definition) is 1. The van der Waals surface area contributed by atoms with Crippen molar-refractivity contribution in [3.05, 3.63) is 53.6 Å². The Morgan fingerprint density at radius 3 is 2.32 bits per heavy atom. The molecule has 0 spiro atoms. The molecule has 0 unspecified atom stereocenters. The maximum absolute atomic E-state index is 12.9. The van der Waals surface area contributed by atoms with Crippen LogP contribution in [0.1, 0.15) is 15.9 Å². The van der Waals surface area contributed by atoms with Crippen LogP contribution in [0.5, 0.6) is 11.5 Å². The fraction of sp³-hybridized carbons (Fsp3) is 0.250. The number of carbonyl (C=O) groups excluding carboxylic acids is 2. The van der Waals surface area contributed by atoms with Crippen LogP contribution in [-0.2, 0) is 19.6 Å². The molecule has 0 radical (unpaired) electrons. The van der Waals surface area contributed by atoms with Gasteiger partial charge in [-0.05, 0) is 29.8 Å². The molecular weight excluding hydrogens is 426 g/mol. The monoisotopic (exact) mass is 449 g/mol. The number of carbonyl (C=O) groups is 2. The summed E-state index contributed by atoms with van der Waals surface area (Å²) >= 11 is 0. The number of amides is 1. The molecular formula is C20H23N3O7S. The molecule has 0 fully saturated rings. The standard InChI is InChI=1S/C20H23N3O7S/c1-23(31(26,27)18-11-16(28-2)9-10-17(18)29-3)13-19(24)22-21-12-14-5-7-15(8-6-14)20(25)30-4/h5-12H,13H2,1-4H3,(H,22,24)/b21-12-. The van der Waals surface area contributed by atoms with Crippen LogP contribution in [0.4, 0.5) is 0 Å². The summed E-state index contributed by atoms with van der Waals surface area (Å²) in [6, 6.07) is 10.7. The molecule has 0 heterocycles. The van der Waals surface area contributed by atoms with E-state index in [2.05, 4.69) is 15.3 Å². The molecule has 0 bridgehead atoms. The molecule has 166 valence electrons. The van der Waals surface area contributed by atoms with Crippen LogP contribution in [0.2, 0.25) is 0 Å². The lowest BCUT2D eigenvalue weighted by Gasteiger charge is -2.18. The van der Waals surface area contributed by atoms with E-state index in [0.29, 0.717) is 16.9 Å². The number of nitrogens with one attached hydrogen (secondary N) is 1. The Kier molecular flexibility index (Phi) is 8.11. The number of ether oxygens (including phenoxy) is 3. The number of sulfonamides is 1. The normalized spacial score (nSPS) is 11.4. The molecule has 31 heavy (non-hydrogen) atoms. The first-order valence-corrected chi connectivity index (χ1v) is 10.4. The Labute approximate surface area is 180 Å². The molecule has 0 aliphatic rings. The quantitative estimate of drug-likeness (QED) is 0.347. The van der Waals surface area contributed by atoms with Crippen molar-refractivity contribution < 1.29 is 32.2 Å². The van der Waals surface area contributed by atoms with E-state index in [-0.39, 0.29) is 10.6 Å². The zero-order valence-electron chi connectivity index (χ0n) is 17.5. The molecule has 10 nitrogen and oxygen atoms in total. The zero-order chi connectivity index (χ0) is 23.0. The van der Waals surface area contributed by atoms with Gasteiger partial charge in [0.1, 0.15) is 16.4 Å². The highest BCUT2D eigenvalue weighted by Gasteiger charge is 2.27. The lowest BCUT2D eigenvalue weighted by molar-refractivity contribution is -0.121. The SMILES string of the molecule is COC(=O)c1ccc(/C=N\NC(=O)CN(C)S(=O)(=O)c2cc(OC)ccc2OC)cc1. The van der Waals surface area contributed by atoms with Gasteiger partial charge in [-0.2, -0.15) is 9.41 Å². The second kappa shape index (κ2) is 10.5. The fourth-order valence-corrected chi connectivity index (χ4v) is 3.77. The fourth-order valence-electron chi connectivity index (χ4n) is 2.48. The third-order valence-electron chi connectivity index (χ3n) is 4.16. The van der Waals surface area contributed by atoms with E-state index >= 15 is 0 Å². The predicted octanol–water partition coefficient (Wildman–Crippen LogP) is 1.26. The average Bonchev–Trinajstić information content (AvgIpc) is 2.78. The summed E-state index contributed by atoms with van der Waals surface area (Å²) in [4.78, 5) is 23.4. The number of nitrogens with zero attached hydrogens (tertiary/aromatic N) is 2. The summed E-state index contributed by atoms with van der Waals surface area (Å²) in [5.41, 5.74) is 3.26. The third-order valence-corrected chi connectivity index (χ3v) is 5.98. The first kappa shape index (κ1) is 23.8. The maximum Gasteiger partial charge on any atom is 0.337 e. The van der Waals surface area contributed by atoms with Gasteiger partial charge in [-0.25, -0.2) is 18.6 Å². The minimum Gasteiger partial charge on any atom is -0.497 e. The smallest absolute Gasteiger partial charge is 0.337 e. The van der Waals surface area contributed by atoms with E-state index in [4.69, 9.17) is 9.47 Å². The van der Waals surface area contributed by atoms with E-state index in [1.54, 1.807) is 30.3 Å². The van der Waals surface area contributed by atoms with Crippen LogP contribution in [0.25, 0.3) is 0 Å². The summed E-state index contributed by atoms with van der Waals surface area (Å²) in [5, 5.41) is 3.80. The summed E-state index contributed by atoms with van der Waals surface area (Å²) in [5.74, 6) is -0.648. The number of hydrogen-bond acceptors (Lipinski definition) is 8. The van der Waals surface area contributed by atoms with E-state index < -0.39 is 28.4 Å². The number of rotatable bonds is 9. The van der Waals surface area contributed by atoms with Gasteiger partial charge in [0.2, 0.25) is 10.0 Å². The van der Waals surface area contributed by atoms with Gasteiger partial charge in [-0.15, -0.1) is 0 Å². The number of hydrazone groups is 1. The largest absolute Gasteiger partial charge is 0.497 e. The molecule has 0 atom stereocenters. The summed E-state index contributed by atoms with van der Waals surface area (Å²) in [6.07, 6.45) is 1.36. The number of esters is 1. The van der Waals surface area contributed by atoms with Crippen molar-refractivity contribution in [1.29, 1.82) is 0 Å². The van der Waals surface area contributed by atoms with Crippen LogP contribution < -0.4 is 14.9 Å². The van der Waals surface area contributed by atoms with Gasteiger partial charge < -0.3 is 14.2 Å². The van der Waals surface area contributed by atoms with E-state index in [9.17, 15) is 18.0 Å². The summed E-state index contributed by atoms with van der Waals surface area (Å²) in [7, 11) is 1.28. The third kappa shape index (κ3) is 6.03. The van der Waals surface area contributed by atoms with Crippen molar-refractivity contribution in [3.63, 3.8) is 0 Å². The van der Waals surface area contributed by atoms with Crippen molar-refractivity contribution in [3.8, 4) is 11.5 Å². The van der Waals surface area contributed by atoms with Crippen molar-refractivity contribution in [2.24, 2.45) is 5.10 Å². The van der Waals surface area contributed by atoms with Crippen molar-refractivity contribution >= 4 is 28.1 Å². The summed E-state index contributed by atoms with van der Waals surface area (Å²) < 4.78 is 41.4. The molecule has 1 amide bonds. The van der Waals surface area contributed by atoms with Gasteiger partial charge in [-0.1, -0.05) is 12.1 Å². The maximum atomic E-state index is 12.9. The molecule has 0 saturated carbocycles. The van der Waals surface area contributed by atoms with Gasteiger partial charge in [0.25, 0.3) is 5.91 Å². The van der Waals surface area contributed by atoms with E-state index in [1.165, 1.54) is 46.7 Å². The van der Waals surface area contributed by atoms with Crippen LogP contribution in [0.15, 0.2) is 52.5 Å². The topological polar surface area (TPSA) is 124 Å². The van der Waals surface area contributed by atoms with Gasteiger partial charge in [0.15, 0.2) is 0 Å². The lowest BCUT2D eigenvalue weighted by atomic mass is 10.1. The first-order valence-electron chi connectivity index (χ1n) is 8.91. The molecule has 2 aromatic carbocycles. The molecule has 2 aromatic rings. The lowest BCUT2D eigenvalue weighted by Crippen LogP contribution is -2.36. The molecule has 0 saturated heterocycles. The first-order chi connectivity index (χ1) is 14.7. The van der Waals surface area contributed by atoms with Gasteiger partial charge in [0.05, 0.1) is 39.7 Å². The van der Waals surface area contributed by atoms with Crippen molar-refractivity contribution in [1.82, 2.24) is 9.73 Å². The van der Waals surface area contributed by atoms with Crippen LogP contribution in [0.3, 0.4) is 0 Å². The minimum atomic E-state index is -4.03. The molecule has 0 aliphatic carbocycles. The number of likely N-dealkylation sites (N-methyl/N-ethyl adjacent to an activating group) is 1. The van der Waals surface area contributed by atoms with E-state index in [1.807, 2.05) is 0 Å². The number of methoxy groups -OCH3 is 3. The Bertz CT molecular complexity index is 1070. The van der Waals surface area contributed by atoms with Gasteiger partial charge >= 0.3 is 5.97 Å². The van der Waals surface area contributed by atoms with E-state index in [0.717, 1.165) is 4.31 Å². The Morgan fingerprint density at radius 2 is 1.74 bits per heavy atom. The minimum absolute atomic E-state index is 0.126. The van der Waals surface area contributed by atoms with Crippen LogP contribution >= 0.6 is 0 Å². The highest BCUT2D eigenvalue weighted by molar-refractivity contribution is 7.89. The van der Waals surface area contributed by atoms with Gasteiger partial charge in [0, 0.05) is 13.1 Å². The second-order valence-corrected chi connectivity index (χ2v) is 8.20. The Balaban J connectivity index is 2.03. The molecule has 11 heteroatoms. The second-order valence-electron chi connectivity index (χ2n) is 6.18. The number of benzene rings is 2. The average molecular weight is 449 g/mol. The molecule has 1 N–H and O–H groups in total. The van der Waals surface area contributed by atoms with Crippen LogP contribution in [-0.4, -0.2) is 65.7 Å². The zero-order valence-corrected chi connectivity index (χ0v) is 18.3. The predicted molar refractivity (Wildman–Crippen MR) is 113 cm³/mol.